The van der Waals surface area contributed by atoms with Crippen LogP contribution in [0, 0.1) is 19.8 Å². The summed E-state index contributed by atoms with van der Waals surface area (Å²) in [6.07, 6.45) is 1.92. The standard InChI is InChI=1S/C18H23NO4/c1-11-7-14-10-16(23-15(14)8-12(11)2)18(22)19-5-3-13(4-6-19)9-17(20)21/h7-8,13,16H,3-6,9-10H2,1-2H3,(H,20,21). The smallest absolute Gasteiger partial charge is 0.303 e. The van der Waals surface area contributed by atoms with Crippen LogP contribution in [-0.4, -0.2) is 41.1 Å². The SMILES string of the molecule is Cc1cc2c(cc1C)OC(C(=O)N1CCC(CC(=O)O)CC1)C2. The number of carboxylic acids is 1. The van der Waals surface area contributed by atoms with E-state index in [1.165, 1.54) is 11.1 Å². The van der Waals surface area contributed by atoms with Gasteiger partial charge in [-0.3, -0.25) is 9.59 Å². The molecule has 1 amide bonds. The van der Waals surface area contributed by atoms with Gasteiger partial charge >= 0.3 is 5.97 Å². The summed E-state index contributed by atoms with van der Waals surface area (Å²) in [4.78, 5) is 25.3. The van der Waals surface area contributed by atoms with Gasteiger partial charge in [-0.1, -0.05) is 6.07 Å². The Bertz CT molecular complexity index is 601. The predicted octanol–water partition coefficient (Wildman–Crippen LogP) is 2.32. The Morgan fingerprint density at radius 3 is 2.52 bits per heavy atom. The number of carboxylic acid groups (broad SMARTS) is 1. The topological polar surface area (TPSA) is 66.8 Å². The fraction of sp³-hybridized carbons (Fsp3) is 0.556. The highest BCUT2D eigenvalue weighted by Gasteiger charge is 2.34. The van der Waals surface area contributed by atoms with Gasteiger partial charge < -0.3 is 14.7 Å². The highest BCUT2D eigenvalue weighted by Crippen LogP contribution is 2.32. The third-order valence-electron chi connectivity index (χ3n) is 5.02. The maximum absolute atomic E-state index is 12.7. The van der Waals surface area contributed by atoms with Crippen molar-refractivity contribution in [3.8, 4) is 5.75 Å². The van der Waals surface area contributed by atoms with E-state index in [1.54, 1.807) is 0 Å². The normalized spacial score (nSPS) is 21.0. The number of fused-ring (bicyclic) bond motifs is 1. The van der Waals surface area contributed by atoms with E-state index in [2.05, 4.69) is 13.0 Å². The number of aryl methyl sites for hydroxylation is 2. The molecule has 2 heterocycles. The fourth-order valence-corrected chi connectivity index (χ4v) is 3.46. The molecule has 1 N–H and O–H groups in total. The van der Waals surface area contributed by atoms with E-state index in [0.29, 0.717) is 19.5 Å². The molecule has 2 aliphatic rings. The van der Waals surface area contributed by atoms with Crippen LogP contribution in [0.4, 0.5) is 0 Å². The van der Waals surface area contributed by atoms with Crippen molar-refractivity contribution in [3.63, 3.8) is 0 Å². The number of carbonyl (C=O) groups is 2. The van der Waals surface area contributed by atoms with Gasteiger partial charge in [0.15, 0.2) is 6.10 Å². The first-order chi connectivity index (χ1) is 10.9. The number of aliphatic carboxylic acids is 1. The van der Waals surface area contributed by atoms with E-state index < -0.39 is 12.1 Å². The Hall–Kier alpha value is -2.04. The predicted molar refractivity (Wildman–Crippen MR) is 85.6 cm³/mol. The molecular formula is C18H23NO4. The Morgan fingerprint density at radius 1 is 1.22 bits per heavy atom. The third kappa shape index (κ3) is 3.33. The molecule has 1 saturated heterocycles. The van der Waals surface area contributed by atoms with E-state index in [-0.39, 0.29) is 18.2 Å². The quantitative estimate of drug-likeness (QED) is 0.929. The summed E-state index contributed by atoms with van der Waals surface area (Å²) >= 11 is 0. The van der Waals surface area contributed by atoms with Gasteiger partial charge in [0, 0.05) is 25.9 Å². The van der Waals surface area contributed by atoms with Crippen molar-refractivity contribution < 1.29 is 19.4 Å². The number of amides is 1. The van der Waals surface area contributed by atoms with Crippen molar-refractivity contribution in [2.75, 3.05) is 13.1 Å². The van der Waals surface area contributed by atoms with Crippen LogP contribution in [0.15, 0.2) is 12.1 Å². The first-order valence-corrected chi connectivity index (χ1v) is 8.21. The van der Waals surface area contributed by atoms with Gasteiger partial charge in [-0.15, -0.1) is 0 Å². The number of benzene rings is 1. The first-order valence-electron chi connectivity index (χ1n) is 8.21. The van der Waals surface area contributed by atoms with E-state index in [4.69, 9.17) is 9.84 Å². The number of ether oxygens (including phenoxy) is 1. The molecule has 1 aromatic rings. The summed E-state index contributed by atoms with van der Waals surface area (Å²) in [5.41, 5.74) is 3.49. The van der Waals surface area contributed by atoms with Gasteiger partial charge in [0.2, 0.25) is 0 Å². The Kier molecular flexibility index (Phi) is 4.28. The maximum Gasteiger partial charge on any atom is 0.303 e. The van der Waals surface area contributed by atoms with Crippen molar-refractivity contribution in [2.45, 2.75) is 45.6 Å². The molecule has 5 nitrogen and oxygen atoms in total. The third-order valence-corrected chi connectivity index (χ3v) is 5.02. The number of hydrogen-bond acceptors (Lipinski definition) is 3. The minimum Gasteiger partial charge on any atom is -0.481 e. The number of piperidine rings is 1. The molecule has 124 valence electrons. The molecule has 0 radical (unpaired) electrons. The molecule has 5 heteroatoms. The molecule has 0 bridgehead atoms. The summed E-state index contributed by atoms with van der Waals surface area (Å²) in [7, 11) is 0. The van der Waals surface area contributed by atoms with Crippen molar-refractivity contribution >= 4 is 11.9 Å². The summed E-state index contributed by atoms with van der Waals surface area (Å²) in [6.45, 7) is 5.37. The summed E-state index contributed by atoms with van der Waals surface area (Å²) in [5, 5.41) is 8.86. The van der Waals surface area contributed by atoms with Gasteiger partial charge in [-0.2, -0.15) is 0 Å². The van der Waals surface area contributed by atoms with Gasteiger partial charge in [0.1, 0.15) is 5.75 Å². The van der Waals surface area contributed by atoms with Crippen LogP contribution >= 0.6 is 0 Å². The van der Waals surface area contributed by atoms with Crippen LogP contribution in [0.1, 0.15) is 36.0 Å². The zero-order chi connectivity index (χ0) is 16.6. The van der Waals surface area contributed by atoms with Crippen LogP contribution in [0.2, 0.25) is 0 Å². The highest BCUT2D eigenvalue weighted by atomic mass is 16.5. The highest BCUT2D eigenvalue weighted by molar-refractivity contribution is 5.83. The Balaban J connectivity index is 1.59. The number of hydrogen-bond donors (Lipinski definition) is 1. The molecule has 1 aromatic carbocycles. The lowest BCUT2D eigenvalue weighted by Crippen LogP contribution is -2.45. The van der Waals surface area contributed by atoms with Crippen LogP contribution in [-0.2, 0) is 16.0 Å². The average Bonchev–Trinajstić information content (AvgIpc) is 2.90. The largest absolute Gasteiger partial charge is 0.481 e. The van der Waals surface area contributed by atoms with Crippen molar-refractivity contribution in [1.82, 2.24) is 4.90 Å². The van der Waals surface area contributed by atoms with E-state index >= 15 is 0 Å². The molecule has 1 atom stereocenters. The molecule has 0 spiro atoms. The minimum atomic E-state index is -0.755. The van der Waals surface area contributed by atoms with Crippen molar-refractivity contribution in [1.29, 1.82) is 0 Å². The second-order valence-electron chi connectivity index (χ2n) is 6.72. The maximum atomic E-state index is 12.7. The lowest BCUT2D eigenvalue weighted by atomic mass is 9.93. The number of carbonyl (C=O) groups excluding carboxylic acids is 1. The van der Waals surface area contributed by atoms with Crippen LogP contribution < -0.4 is 4.74 Å². The molecule has 0 aliphatic carbocycles. The Labute approximate surface area is 136 Å². The molecule has 1 fully saturated rings. The van der Waals surface area contributed by atoms with Gasteiger partial charge in [0.25, 0.3) is 5.91 Å². The summed E-state index contributed by atoms with van der Waals surface area (Å²) in [5.74, 6) is 0.288. The summed E-state index contributed by atoms with van der Waals surface area (Å²) < 4.78 is 5.86. The zero-order valence-electron chi connectivity index (χ0n) is 13.7. The molecule has 0 aromatic heterocycles. The molecule has 0 saturated carbocycles. The fourth-order valence-electron chi connectivity index (χ4n) is 3.46. The van der Waals surface area contributed by atoms with E-state index in [0.717, 1.165) is 24.2 Å². The molecule has 1 unspecified atom stereocenters. The average molecular weight is 317 g/mol. The monoisotopic (exact) mass is 317 g/mol. The van der Waals surface area contributed by atoms with Gasteiger partial charge in [-0.25, -0.2) is 0 Å². The number of nitrogens with zero attached hydrogens (tertiary/aromatic N) is 1. The number of likely N-dealkylation sites (tertiary alicyclic amines) is 1. The van der Waals surface area contributed by atoms with Crippen LogP contribution in [0.25, 0.3) is 0 Å². The molecule has 3 rings (SSSR count). The lowest BCUT2D eigenvalue weighted by Gasteiger charge is -2.32. The van der Waals surface area contributed by atoms with E-state index in [1.807, 2.05) is 17.9 Å². The molecule has 23 heavy (non-hydrogen) atoms. The van der Waals surface area contributed by atoms with Gasteiger partial charge in [0.05, 0.1) is 0 Å². The van der Waals surface area contributed by atoms with Crippen molar-refractivity contribution in [2.24, 2.45) is 5.92 Å². The number of rotatable bonds is 3. The minimum absolute atomic E-state index is 0.0327. The molecular weight excluding hydrogens is 294 g/mol. The zero-order valence-corrected chi connectivity index (χ0v) is 13.7. The van der Waals surface area contributed by atoms with Crippen LogP contribution in [0.3, 0.4) is 0 Å². The molecule has 2 aliphatic heterocycles. The lowest BCUT2D eigenvalue weighted by molar-refractivity contribution is -0.140. The van der Waals surface area contributed by atoms with Gasteiger partial charge in [-0.05, 0) is 55.4 Å². The summed E-state index contributed by atoms with van der Waals surface area (Å²) in [6, 6.07) is 4.12. The second-order valence-corrected chi connectivity index (χ2v) is 6.72. The first kappa shape index (κ1) is 15.8. The Morgan fingerprint density at radius 2 is 1.87 bits per heavy atom. The van der Waals surface area contributed by atoms with E-state index in [9.17, 15) is 9.59 Å². The van der Waals surface area contributed by atoms with Crippen molar-refractivity contribution in [3.05, 3.63) is 28.8 Å². The second kappa shape index (κ2) is 6.22. The van der Waals surface area contributed by atoms with Crippen LogP contribution in [0.5, 0.6) is 5.75 Å².